The highest BCUT2D eigenvalue weighted by atomic mass is 16.5. The van der Waals surface area contributed by atoms with Gasteiger partial charge in [-0.25, -0.2) is 4.98 Å². The Morgan fingerprint density at radius 1 is 1.14 bits per heavy atom. The number of aromatic nitrogens is 2. The van der Waals surface area contributed by atoms with E-state index in [4.69, 9.17) is 14.5 Å². The number of ether oxygens (including phenoxy) is 2. The first-order valence-corrected chi connectivity index (χ1v) is 11.8. The zero-order valence-electron chi connectivity index (χ0n) is 21.5. The van der Waals surface area contributed by atoms with Gasteiger partial charge in [0.2, 0.25) is 0 Å². The molecule has 182 valence electrons. The van der Waals surface area contributed by atoms with Crippen LogP contribution in [0.5, 0.6) is 11.5 Å². The number of carbonyl (C=O) groups excluding carboxylic acids is 1. The first kappa shape index (κ1) is 24.3. The summed E-state index contributed by atoms with van der Waals surface area (Å²) in [5, 5.41) is 9.24. The van der Waals surface area contributed by atoms with Crippen molar-refractivity contribution in [3.63, 3.8) is 0 Å². The molecule has 1 aliphatic heterocycles. The number of amides is 1. The van der Waals surface area contributed by atoms with Crippen molar-refractivity contribution >= 4 is 5.91 Å². The summed E-state index contributed by atoms with van der Waals surface area (Å²) in [6.45, 7) is 9.97. The number of benzene rings is 2. The summed E-state index contributed by atoms with van der Waals surface area (Å²) >= 11 is 0. The first-order chi connectivity index (χ1) is 16.5. The second-order valence-corrected chi connectivity index (χ2v) is 10.1. The number of nitrogens with zero attached hydrogens (tertiary/aromatic N) is 4. The van der Waals surface area contributed by atoms with Crippen LogP contribution < -0.4 is 9.47 Å². The Labute approximate surface area is 206 Å². The second kappa shape index (κ2) is 9.10. The maximum atomic E-state index is 13.6. The van der Waals surface area contributed by atoms with Gasteiger partial charge >= 0.3 is 0 Å². The number of aryl methyl sites for hydroxylation is 1. The van der Waals surface area contributed by atoms with Gasteiger partial charge in [-0.05, 0) is 83.4 Å². The van der Waals surface area contributed by atoms with E-state index in [9.17, 15) is 10.1 Å². The molecule has 0 saturated carbocycles. The minimum atomic E-state index is -0.347. The summed E-state index contributed by atoms with van der Waals surface area (Å²) in [5.41, 5.74) is 4.40. The summed E-state index contributed by atoms with van der Waals surface area (Å²) in [7, 11) is 3.45. The molecule has 2 heterocycles. The van der Waals surface area contributed by atoms with Crippen LogP contribution in [0.15, 0.2) is 36.4 Å². The summed E-state index contributed by atoms with van der Waals surface area (Å²) < 4.78 is 13.7. The molecule has 0 bridgehead atoms. The second-order valence-electron chi connectivity index (χ2n) is 10.1. The largest absolute Gasteiger partial charge is 0.493 e. The third kappa shape index (κ3) is 4.49. The van der Waals surface area contributed by atoms with Crippen LogP contribution in [0, 0.1) is 11.3 Å². The SMILES string of the molecule is COc1cc2c(cc1OC(C)C)-n1c(-c3ccc(C#N)cc3)nc(C(=O)N(C)C(C)(C)C)c1CC2. The van der Waals surface area contributed by atoms with E-state index in [1.54, 1.807) is 24.1 Å². The highest BCUT2D eigenvalue weighted by molar-refractivity contribution is 5.95. The maximum absolute atomic E-state index is 13.6. The fourth-order valence-corrected chi connectivity index (χ4v) is 4.22. The van der Waals surface area contributed by atoms with E-state index in [-0.39, 0.29) is 17.6 Å². The number of methoxy groups -OCH3 is 1. The van der Waals surface area contributed by atoms with Gasteiger partial charge in [-0.2, -0.15) is 5.26 Å². The molecular formula is C28H32N4O3. The Balaban J connectivity index is 1.97. The summed E-state index contributed by atoms with van der Waals surface area (Å²) in [4.78, 5) is 20.2. The molecule has 0 aliphatic carbocycles. The number of hydrogen-bond acceptors (Lipinski definition) is 5. The average Bonchev–Trinajstić information content (AvgIpc) is 3.22. The predicted octanol–water partition coefficient (Wildman–Crippen LogP) is 5.18. The van der Waals surface area contributed by atoms with Crippen LogP contribution in [0.1, 0.15) is 61.9 Å². The van der Waals surface area contributed by atoms with E-state index in [0.717, 1.165) is 28.9 Å². The van der Waals surface area contributed by atoms with Crippen molar-refractivity contribution in [1.82, 2.24) is 14.5 Å². The molecule has 1 aliphatic rings. The van der Waals surface area contributed by atoms with Crippen molar-refractivity contribution in [1.29, 1.82) is 5.26 Å². The molecule has 0 saturated heterocycles. The van der Waals surface area contributed by atoms with E-state index in [1.165, 1.54) is 0 Å². The van der Waals surface area contributed by atoms with Gasteiger partial charge in [-0.3, -0.25) is 9.36 Å². The standard InChI is InChI=1S/C28H32N4O3/c1-17(2)35-24-15-22-20(14-23(24)34-7)12-13-21-25(27(33)31(6)28(3,4)5)30-26(32(21)22)19-10-8-18(16-29)9-11-19/h8-11,14-15,17H,12-13H2,1-7H3. The summed E-state index contributed by atoms with van der Waals surface area (Å²) in [5.74, 6) is 1.88. The highest BCUT2D eigenvalue weighted by Gasteiger charge is 2.33. The van der Waals surface area contributed by atoms with Crippen LogP contribution in [0.25, 0.3) is 17.1 Å². The van der Waals surface area contributed by atoms with Crippen LogP contribution in [0.2, 0.25) is 0 Å². The first-order valence-electron chi connectivity index (χ1n) is 11.8. The Kier molecular flexibility index (Phi) is 6.33. The van der Waals surface area contributed by atoms with Crippen LogP contribution >= 0.6 is 0 Å². The lowest BCUT2D eigenvalue weighted by Gasteiger charge is -2.32. The third-order valence-corrected chi connectivity index (χ3v) is 6.36. The number of fused-ring (bicyclic) bond motifs is 3. The molecule has 2 aromatic carbocycles. The van der Waals surface area contributed by atoms with Gasteiger partial charge in [-0.15, -0.1) is 0 Å². The number of hydrogen-bond donors (Lipinski definition) is 0. The fraction of sp³-hybridized carbons (Fsp3) is 0.393. The van der Waals surface area contributed by atoms with Gasteiger partial charge in [0, 0.05) is 24.2 Å². The topological polar surface area (TPSA) is 80.4 Å². The zero-order valence-corrected chi connectivity index (χ0v) is 21.5. The van der Waals surface area contributed by atoms with Crippen molar-refractivity contribution in [2.45, 2.75) is 59.1 Å². The number of rotatable bonds is 5. The van der Waals surface area contributed by atoms with E-state index in [1.807, 2.05) is 65.9 Å². The minimum Gasteiger partial charge on any atom is -0.493 e. The van der Waals surface area contributed by atoms with Gasteiger partial charge in [0.1, 0.15) is 5.82 Å². The smallest absolute Gasteiger partial charge is 0.274 e. The van der Waals surface area contributed by atoms with Crippen LogP contribution in [0.4, 0.5) is 0 Å². The summed E-state index contributed by atoms with van der Waals surface area (Å²) in [6, 6.07) is 13.4. The molecule has 7 heteroatoms. The number of carbonyl (C=O) groups is 1. The van der Waals surface area contributed by atoms with Crippen molar-refractivity contribution in [2.24, 2.45) is 0 Å². The lowest BCUT2D eigenvalue weighted by molar-refractivity contribution is 0.0649. The van der Waals surface area contributed by atoms with Gasteiger partial charge in [-0.1, -0.05) is 0 Å². The molecule has 3 aromatic rings. The number of imidazole rings is 1. The molecule has 0 spiro atoms. The average molecular weight is 473 g/mol. The van der Waals surface area contributed by atoms with Gasteiger partial charge in [0.25, 0.3) is 5.91 Å². The molecule has 0 atom stereocenters. The number of nitriles is 1. The Morgan fingerprint density at radius 3 is 2.40 bits per heavy atom. The molecule has 0 radical (unpaired) electrons. The van der Waals surface area contributed by atoms with Crippen molar-refractivity contribution in [3.05, 3.63) is 58.9 Å². The van der Waals surface area contributed by atoms with Crippen LogP contribution in [-0.4, -0.2) is 46.2 Å². The Morgan fingerprint density at radius 2 is 1.83 bits per heavy atom. The van der Waals surface area contributed by atoms with Gasteiger partial charge < -0.3 is 14.4 Å². The minimum absolute atomic E-state index is 0.0247. The molecule has 1 amide bonds. The van der Waals surface area contributed by atoms with E-state index < -0.39 is 0 Å². The molecule has 0 unspecified atom stereocenters. The molecule has 0 fully saturated rings. The van der Waals surface area contributed by atoms with E-state index >= 15 is 0 Å². The van der Waals surface area contributed by atoms with Crippen LogP contribution in [0.3, 0.4) is 0 Å². The fourth-order valence-electron chi connectivity index (χ4n) is 4.22. The van der Waals surface area contributed by atoms with Crippen molar-refractivity contribution in [2.75, 3.05) is 14.2 Å². The monoisotopic (exact) mass is 472 g/mol. The predicted molar refractivity (Wildman–Crippen MR) is 135 cm³/mol. The van der Waals surface area contributed by atoms with Crippen molar-refractivity contribution in [3.8, 4) is 34.6 Å². The molecule has 7 nitrogen and oxygen atoms in total. The summed E-state index contributed by atoms with van der Waals surface area (Å²) in [6.07, 6.45) is 1.40. The third-order valence-electron chi connectivity index (χ3n) is 6.36. The lowest BCUT2D eigenvalue weighted by atomic mass is 9.98. The molecular weight excluding hydrogens is 440 g/mol. The molecule has 4 rings (SSSR count). The maximum Gasteiger partial charge on any atom is 0.274 e. The highest BCUT2D eigenvalue weighted by Crippen LogP contribution is 2.40. The van der Waals surface area contributed by atoms with Crippen molar-refractivity contribution < 1.29 is 14.3 Å². The zero-order chi connectivity index (χ0) is 25.5. The Hall–Kier alpha value is -3.79. The normalized spacial score (nSPS) is 12.5. The quantitative estimate of drug-likeness (QED) is 0.511. The lowest BCUT2D eigenvalue weighted by Crippen LogP contribution is -2.43. The van der Waals surface area contributed by atoms with Gasteiger partial charge in [0.05, 0.1) is 36.2 Å². The van der Waals surface area contributed by atoms with E-state index in [0.29, 0.717) is 35.0 Å². The Bertz CT molecular complexity index is 1310. The molecule has 1 aromatic heterocycles. The molecule has 35 heavy (non-hydrogen) atoms. The van der Waals surface area contributed by atoms with Gasteiger partial charge in [0.15, 0.2) is 17.2 Å². The van der Waals surface area contributed by atoms with E-state index in [2.05, 4.69) is 10.6 Å². The van der Waals surface area contributed by atoms with Crippen LogP contribution in [-0.2, 0) is 12.8 Å². The molecule has 0 N–H and O–H groups in total.